The minimum Gasteiger partial charge on any atom is -0.344 e. The fourth-order valence-electron chi connectivity index (χ4n) is 4.00. The lowest BCUT2D eigenvalue weighted by Gasteiger charge is -2.25. The fraction of sp³-hybridized carbons (Fsp3) is 0.462. The molecule has 1 fully saturated rings. The summed E-state index contributed by atoms with van der Waals surface area (Å²) in [4.78, 5) is 25.9. The van der Waals surface area contributed by atoms with Gasteiger partial charge in [-0.15, -0.1) is 12.8 Å². The second kappa shape index (κ2) is 12.7. The van der Waals surface area contributed by atoms with Crippen molar-refractivity contribution in [1.82, 2.24) is 5.32 Å². The van der Waals surface area contributed by atoms with Gasteiger partial charge in [0.15, 0.2) is 0 Å². The van der Waals surface area contributed by atoms with Gasteiger partial charge in [0.1, 0.15) is 6.04 Å². The first kappa shape index (κ1) is 25.9. The second-order valence-electron chi connectivity index (χ2n) is 9.40. The van der Waals surface area contributed by atoms with Gasteiger partial charge in [0.25, 0.3) is 0 Å². The van der Waals surface area contributed by atoms with Gasteiger partial charge in [-0.1, -0.05) is 82.5 Å². The van der Waals surface area contributed by atoms with E-state index in [2.05, 4.69) is 49.4 Å². The number of carbonyl (C=O) groups excluding carboxylic acids is 2. The lowest BCUT2D eigenvalue weighted by molar-refractivity contribution is -0.130. The highest BCUT2D eigenvalue weighted by atomic mass is 32.1. The number of benzene rings is 2. The summed E-state index contributed by atoms with van der Waals surface area (Å²) in [5.41, 5.74) is 3.06. The highest BCUT2D eigenvalue weighted by Gasteiger charge is 2.27. The zero-order valence-electron chi connectivity index (χ0n) is 19.4. The van der Waals surface area contributed by atoms with Crippen molar-refractivity contribution in [3.8, 4) is 0 Å². The predicted octanol–water partition coefficient (Wildman–Crippen LogP) is 5.02. The number of hydrogen-bond acceptors (Lipinski definition) is 4. The number of nitrogens with one attached hydrogen (secondary N) is 2. The molecule has 0 heterocycles. The van der Waals surface area contributed by atoms with Crippen molar-refractivity contribution in [2.24, 2.45) is 11.1 Å². The van der Waals surface area contributed by atoms with Crippen LogP contribution in [0, 0.1) is 5.92 Å². The number of rotatable bonds is 6. The molecule has 32 heavy (non-hydrogen) atoms. The van der Waals surface area contributed by atoms with Crippen molar-refractivity contribution in [2.45, 2.75) is 70.8 Å². The Morgan fingerprint density at radius 2 is 1.56 bits per heavy atom. The SMILES string of the molecule is CC(C)(C)c1ccc(NC(=O)C(Cc2ccccc2)NC(=O)C2CCCCC2)cc1.NS. The average Bonchev–Trinajstić information content (AvgIpc) is 2.81. The Morgan fingerprint density at radius 1 is 0.969 bits per heavy atom. The zero-order chi connectivity index (χ0) is 23.6. The maximum Gasteiger partial charge on any atom is 0.247 e. The minimum atomic E-state index is -0.593. The molecule has 2 amide bonds. The van der Waals surface area contributed by atoms with Crippen molar-refractivity contribution < 1.29 is 9.59 Å². The standard InChI is InChI=1S/C26H34N2O2.H3NS/c1-26(2,3)21-14-16-22(17-15-21)27-25(30)23(18-19-10-6-4-7-11-19)28-24(29)20-12-8-5-9-13-20;1-2/h4,6-7,10-11,14-17,20,23H,5,8-9,12-13,18H2,1-3H3,(H,27,30)(H,28,29);2H,1H2. The van der Waals surface area contributed by atoms with Crippen LogP contribution in [-0.2, 0) is 21.4 Å². The first-order valence-electron chi connectivity index (χ1n) is 11.3. The first-order chi connectivity index (χ1) is 15.3. The largest absolute Gasteiger partial charge is 0.344 e. The zero-order valence-corrected chi connectivity index (χ0v) is 20.3. The summed E-state index contributed by atoms with van der Waals surface area (Å²) in [5.74, 6) is -0.142. The number of nitrogens with two attached hydrogens (primary N) is 1. The van der Waals surface area contributed by atoms with Gasteiger partial charge in [0.2, 0.25) is 11.8 Å². The van der Waals surface area contributed by atoms with Crippen LogP contribution in [0.25, 0.3) is 0 Å². The topological polar surface area (TPSA) is 84.2 Å². The highest BCUT2D eigenvalue weighted by molar-refractivity contribution is 7.77. The molecule has 0 bridgehead atoms. The van der Waals surface area contributed by atoms with Gasteiger partial charge in [0, 0.05) is 18.0 Å². The van der Waals surface area contributed by atoms with E-state index in [-0.39, 0.29) is 23.1 Å². The Labute approximate surface area is 198 Å². The molecule has 6 heteroatoms. The summed E-state index contributed by atoms with van der Waals surface area (Å²) >= 11 is 3.03. The molecule has 2 aromatic rings. The summed E-state index contributed by atoms with van der Waals surface area (Å²) in [6.07, 6.45) is 5.69. The molecule has 1 aliphatic carbocycles. The number of anilines is 1. The van der Waals surface area contributed by atoms with E-state index in [9.17, 15) is 9.59 Å². The van der Waals surface area contributed by atoms with E-state index < -0.39 is 6.04 Å². The molecule has 5 nitrogen and oxygen atoms in total. The number of thiol groups is 1. The van der Waals surface area contributed by atoms with E-state index in [0.29, 0.717) is 6.42 Å². The van der Waals surface area contributed by atoms with E-state index >= 15 is 0 Å². The third-order valence-electron chi connectivity index (χ3n) is 5.91. The molecule has 174 valence electrons. The first-order valence-corrected chi connectivity index (χ1v) is 11.9. The third-order valence-corrected chi connectivity index (χ3v) is 5.91. The van der Waals surface area contributed by atoms with Gasteiger partial charge in [0.05, 0.1) is 0 Å². The van der Waals surface area contributed by atoms with Crippen LogP contribution < -0.4 is 15.8 Å². The van der Waals surface area contributed by atoms with Gasteiger partial charge < -0.3 is 10.6 Å². The molecule has 0 saturated heterocycles. The summed E-state index contributed by atoms with van der Waals surface area (Å²) in [6.45, 7) is 6.49. The molecule has 3 rings (SSSR count). The summed E-state index contributed by atoms with van der Waals surface area (Å²) in [7, 11) is 0. The van der Waals surface area contributed by atoms with E-state index in [1.54, 1.807) is 0 Å². The molecule has 0 spiro atoms. The smallest absolute Gasteiger partial charge is 0.247 e. The predicted molar refractivity (Wildman–Crippen MR) is 136 cm³/mol. The number of amides is 2. The Balaban J connectivity index is 0.00000176. The Hall–Kier alpha value is -2.31. The van der Waals surface area contributed by atoms with Crippen LogP contribution in [0.5, 0.6) is 0 Å². The Morgan fingerprint density at radius 3 is 2.12 bits per heavy atom. The molecule has 1 saturated carbocycles. The lowest BCUT2D eigenvalue weighted by atomic mass is 9.87. The van der Waals surface area contributed by atoms with Crippen molar-refractivity contribution in [3.63, 3.8) is 0 Å². The monoisotopic (exact) mass is 455 g/mol. The van der Waals surface area contributed by atoms with Gasteiger partial charge >= 0.3 is 0 Å². The maximum atomic E-state index is 13.1. The van der Waals surface area contributed by atoms with Crippen molar-refractivity contribution in [3.05, 3.63) is 65.7 Å². The second-order valence-corrected chi connectivity index (χ2v) is 9.40. The maximum absolute atomic E-state index is 13.1. The van der Waals surface area contributed by atoms with Crippen LogP contribution in [0.1, 0.15) is 64.0 Å². The van der Waals surface area contributed by atoms with Crippen LogP contribution in [-0.4, -0.2) is 17.9 Å². The summed E-state index contributed by atoms with van der Waals surface area (Å²) < 4.78 is 0. The lowest BCUT2D eigenvalue weighted by Crippen LogP contribution is -2.47. The van der Waals surface area contributed by atoms with Crippen LogP contribution in [0.2, 0.25) is 0 Å². The van der Waals surface area contributed by atoms with E-state index in [0.717, 1.165) is 36.9 Å². The van der Waals surface area contributed by atoms with Crippen molar-refractivity contribution in [2.75, 3.05) is 5.32 Å². The molecule has 4 N–H and O–H groups in total. The van der Waals surface area contributed by atoms with Crippen molar-refractivity contribution >= 4 is 30.3 Å². The molecule has 0 aliphatic heterocycles. The van der Waals surface area contributed by atoms with E-state index in [1.807, 2.05) is 54.6 Å². The molecule has 2 aromatic carbocycles. The summed E-state index contributed by atoms with van der Waals surface area (Å²) in [5, 5.41) is 10.2. The number of hydrogen-bond donors (Lipinski definition) is 4. The number of carbonyl (C=O) groups is 2. The fourth-order valence-corrected chi connectivity index (χ4v) is 4.00. The summed E-state index contributed by atoms with van der Waals surface area (Å²) in [6, 6.07) is 17.2. The molecule has 0 aromatic heterocycles. The Kier molecular flexibility index (Phi) is 10.3. The van der Waals surface area contributed by atoms with Gasteiger partial charge in [-0.25, -0.2) is 0 Å². The highest BCUT2D eigenvalue weighted by Crippen LogP contribution is 2.25. The van der Waals surface area contributed by atoms with E-state index in [4.69, 9.17) is 0 Å². The molecular weight excluding hydrogens is 418 g/mol. The van der Waals surface area contributed by atoms with Crippen LogP contribution in [0.3, 0.4) is 0 Å². The quantitative estimate of drug-likeness (QED) is 0.462. The van der Waals surface area contributed by atoms with Crippen LogP contribution >= 0.6 is 12.8 Å². The molecule has 0 radical (unpaired) electrons. The average molecular weight is 456 g/mol. The van der Waals surface area contributed by atoms with Crippen LogP contribution in [0.4, 0.5) is 5.69 Å². The van der Waals surface area contributed by atoms with E-state index in [1.165, 1.54) is 12.0 Å². The molecule has 1 aliphatic rings. The molecule has 1 unspecified atom stereocenters. The minimum absolute atomic E-state index is 0.00821. The van der Waals surface area contributed by atoms with Gasteiger partial charge in [-0.2, -0.15) is 0 Å². The third kappa shape index (κ3) is 7.99. The normalized spacial score (nSPS) is 15.2. The molecular formula is C26H37N3O2S. The van der Waals surface area contributed by atoms with Gasteiger partial charge in [-0.3, -0.25) is 14.7 Å². The van der Waals surface area contributed by atoms with Crippen molar-refractivity contribution in [1.29, 1.82) is 0 Å². The molecule has 1 atom stereocenters. The Bertz CT molecular complexity index is 842. The van der Waals surface area contributed by atoms with Crippen LogP contribution in [0.15, 0.2) is 54.6 Å². The van der Waals surface area contributed by atoms with Gasteiger partial charge in [-0.05, 0) is 41.5 Å².